The molecule has 0 radical (unpaired) electrons. The maximum atomic E-state index is 10.5. The fourth-order valence-electron chi connectivity index (χ4n) is 1.34. The average molecular weight is 183 g/mol. The Balaban J connectivity index is 2.93. The van der Waals surface area contributed by atoms with E-state index in [4.69, 9.17) is 10.8 Å². The Morgan fingerprint density at radius 3 is 2.85 bits per heavy atom. The summed E-state index contributed by atoms with van der Waals surface area (Å²) in [6.45, 7) is 3.49. The zero-order valence-electron chi connectivity index (χ0n) is 7.66. The molecular formula is C8H13N3O2. The third kappa shape index (κ3) is 2.06. The number of nitrogens with zero attached hydrogens (tertiary/aromatic N) is 1. The van der Waals surface area contributed by atoms with Gasteiger partial charge in [0.05, 0.1) is 18.2 Å². The number of aromatic nitrogens is 2. The Hall–Kier alpha value is -1.36. The molecular weight excluding hydrogens is 170 g/mol. The summed E-state index contributed by atoms with van der Waals surface area (Å²) in [5.74, 6) is -0.911. The molecule has 0 aliphatic carbocycles. The lowest BCUT2D eigenvalue weighted by molar-refractivity contribution is -0.138. The van der Waals surface area contributed by atoms with Crippen molar-refractivity contribution in [2.75, 3.05) is 0 Å². The van der Waals surface area contributed by atoms with Crippen LogP contribution in [0.4, 0.5) is 0 Å². The van der Waals surface area contributed by atoms with Gasteiger partial charge < -0.3 is 10.8 Å². The van der Waals surface area contributed by atoms with Crippen LogP contribution in [-0.2, 0) is 10.3 Å². The number of aliphatic carboxylic acids is 1. The Morgan fingerprint density at radius 1 is 1.85 bits per heavy atom. The monoisotopic (exact) mass is 183 g/mol. The lowest BCUT2D eigenvalue weighted by Gasteiger charge is -2.21. The van der Waals surface area contributed by atoms with Gasteiger partial charge in [-0.25, -0.2) is 0 Å². The first-order valence-corrected chi connectivity index (χ1v) is 3.94. The molecule has 1 heterocycles. The highest BCUT2D eigenvalue weighted by Crippen LogP contribution is 2.22. The maximum absolute atomic E-state index is 10.5. The normalized spacial score (nSPS) is 15.3. The Labute approximate surface area is 75.9 Å². The standard InChI is InChI=1S/C8H13N3O2/c1-5-6(4-10-11-5)8(2,9)3-7(12)13/h4H,3,9H2,1-2H3,(H,10,11)(H,12,13)/t8-/m0/s1. The second kappa shape index (κ2) is 3.18. The number of hydrogen-bond donors (Lipinski definition) is 3. The minimum Gasteiger partial charge on any atom is -0.481 e. The number of carboxylic acids is 1. The van der Waals surface area contributed by atoms with E-state index in [1.165, 1.54) is 0 Å². The molecule has 1 aromatic rings. The average Bonchev–Trinajstić information content (AvgIpc) is 2.32. The molecule has 1 aromatic heterocycles. The smallest absolute Gasteiger partial charge is 0.305 e. The molecule has 0 saturated carbocycles. The van der Waals surface area contributed by atoms with Crippen molar-refractivity contribution in [2.45, 2.75) is 25.8 Å². The van der Waals surface area contributed by atoms with Crippen LogP contribution in [0.1, 0.15) is 24.6 Å². The van der Waals surface area contributed by atoms with Gasteiger partial charge in [-0.15, -0.1) is 0 Å². The Morgan fingerprint density at radius 2 is 2.46 bits per heavy atom. The molecule has 0 spiro atoms. The SMILES string of the molecule is Cc1[nH]ncc1[C@@](C)(N)CC(=O)O. The van der Waals surface area contributed by atoms with Crippen molar-refractivity contribution in [3.05, 3.63) is 17.5 Å². The van der Waals surface area contributed by atoms with Crippen molar-refractivity contribution in [1.82, 2.24) is 10.2 Å². The molecule has 0 amide bonds. The summed E-state index contributed by atoms with van der Waals surface area (Å²) < 4.78 is 0. The summed E-state index contributed by atoms with van der Waals surface area (Å²) in [6, 6.07) is 0. The summed E-state index contributed by atoms with van der Waals surface area (Å²) in [4.78, 5) is 10.5. The van der Waals surface area contributed by atoms with E-state index >= 15 is 0 Å². The van der Waals surface area contributed by atoms with Crippen molar-refractivity contribution in [2.24, 2.45) is 5.73 Å². The summed E-state index contributed by atoms with van der Waals surface area (Å²) in [6.07, 6.45) is 1.46. The first kappa shape index (κ1) is 9.73. The second-order valence-corrected chi connectivity index (χ2v) is 3.40. The molecule has 0 unspecified atom stereocenters. The number of H-pyrrole nitrogens is 1. The number of aromatic amines is 1. The highest BCUT2D eigenvalue weighted by molar-refractivity contribution is 5.68. The van der Waals surface area contributed by atoms with Crippen LogP contribution >= 0.6 is 0 Å². The number of carboxylic acid groups (broad SMARTS) is 1. The molecule has 0 saturated heterocycles. The number of hydrogen-bond acceptors (Lipinski definition) is 3. The van der Waals surface area contributed by atoms with Crippen molar-refractivity contribution < 1.29 is 9.90 Å². The summed E-state index contributed by atoms with van der Waals surface area (Å²) >= 11 is 0. The van der Waals surface area contributed by atoms with E-state index in [-0.39, 0.29) is 6.42 Å². The number of aryl methyl sites for hydroxylation is 1. The summed E-state index contributed by atoms with van der Waals surface area (Å²) in [5.41, 5.74) is 6.54. The van der Waals surface area contributed by atoms with Crippen LogP contribution in [-0.4, -0.2) is 21.3 Å². The molecule has 72 valence electrons. The van der Waals surface area contributed by atoms with Crippen molar-refractivity contribution in [3.63, 3.8) is 0 Å². The van der Waals surface area contributed by atoms with Gasteiger partial charge in [0.1, 0.15) is 0 Å². The van der Waals surface area contributed by atoms with Gasteiger partial charge in [0.15, 0.2) is 0 Å². The van der Waals surface area contributed by atoms with Crippen LogP contribution in [0, 0.1) is 6.92 Å². The predicted molar refractivity (Wildman–Crippen MR) is 47.1 cm³/mol. The molecule has 0 bridgehead atoms. The van der Waals surface area contributed by atoms with E-state index in [1.807, 2.05) is 6.92 Å². The Kier molecular flexibility index (Phi) is 2.38. The van der Waals surface area contributed by atoms with E-state index in [0.717, 1.165) is 11.3 Å². The van der Waals surface area contributed by atoms with Gasteiger partial charge in [-0.1, -0.05) is 0 Å². The molecule has 5 heteroatoms. The van der Waals surface area contributed by atoms with Crippen molar-refractivity contribution in [3.8, 4) is 0 Å². The number of carbonyl (C=O) groups is 1. The van der Waals surface area contributed by atoms with Gasteiger partial charge in [-0.05, 0) is 13.8 Å². The van der Waals surface area contributed by atoms with E-state index < -0.39 is 11.5 Å². The third-order valence-corrected chi connectivity index (χ3v) is 1.96. The zero-order chi connectivity index (χ0) is 10.1. The number of nitrogens with two attached hydrogens (primary N) is 1. The molecule has 0 aliphatic rings. The van der Waals surface area contributed by atoms with Crippen molar-refractivity contribution >= 4 is 5.97 Å². The minimum absolute atomic E-state index is 0.104. The topological polar surface area (TPSA) is 92.0 Å². The van der Waals surface area contributed by atoms with Crippen LogP contribution < -0.4 is 5.73 Å². The summed E-state index contributed by atoms with van der Waals surface area (Å²) in [5, 5.41) is 15.2. The van der Waals surface area contributed by atoms with Crippen LogP contribution in [0.2, 0.25) is 0 Å². The van der Waals surface area contributed by atoms with Gasteiger partial charge in [0.25, 0.3) is 0 Å². The highest BCUT2D eigenvalue weighted by Gasteiger charge is 2.27. The molecule has 13 heavy (non-hydrogen) atoms. The molecule has 0 aliphatic heterocycles. The van der Waals surface area contributed by atoms with E-state index in [2.05, 4.69) is 10.2 Å². The molecule has 4 N–H and O–H groups in total. The maximum Gasteiger partial charge on any atom is 0.305 e. The lowest BCUT2D eigenvalue weighted by atomic mass is 9.90. The van der Waals surface area contributed by atoms with Crippen molar-refractivity contribution in [1.29, 1.82) is 0 Å². The highest BCUT2D eigenvalue weighted by atomic mass is 16.4. The van der Waals surface area contributed by atoms with Crippen LogP contribution in [0.3, 0.4) is 0 Å². The molecule has 1 atom stereocenters. The zero-order valence-corrected chi connectivity index (χ0v) is 7.66. The fraction of sp³-hybridized carbons (Fsp3) is 0.500. The first-order valence-electron chi connectivity index (χ1n) is 3.94. The van der Waals surface area contributed by atoms with Crippen LogP contribution in [0.5, 0.6) is 0 Å². The number of rotatable bonds is 3. The van der Waals surface area contributed by atoms with Gasteiger partial charge in [0.2, 0.25) is 0 Å². The second-order valence-electron chi connectivity index (χ2n) is 3.40. The van der Waals surface area contributed by atoms with Gasteiger partial charge in [0, 0.05) is 11.3 Å². The molecule has 5 nitrogen and oxygen atoms in total. The minimum atomic E-state index is -0.911. The van der Waals surface area contributed by atoms with Crippen LogP contribution in [0.15, 0.2) is 6.20 Å². The van der Waals surface area contributed by atoms with E-state index in [0.29, 0.717) is 0 Å². The fourth-order valence-corrected chi connectivity index (χ4v) is 1.34. The molecule has 1 rings (SSSR count). The number of nitrogens with one attached hydrogen (secondary N) is 1. The predicted octanol–water partition coefficient (Wildman–Crippen LogP) is 0.367. The van der Waals surface area contributed by atoms with Gasteiger partial charge in [-0.3, -0.25) is 9.89 Å². The first-order chi connectivity index (χ1) is 5.93. The largest absolute Gasteiger partial charge is 0.481 e. The third-order valence-electron chi connectivity index (χ3n) is 1.96. The van der Waals surface area contributed by atoms with E-state index in [9.17, 15) is 4.79 Å². The molecule has 0 aromatic carbocycles. The van der Waals surface area contributed by atoms with Gasteiger partial charge in [-0.2, -0.15) is 5.10 Å². The van der Waals surface area contributed by atoms with E-state index in [1.54, 1.807) is 13.1 Å². The van der Waals surface area contributed by atoms with Gasteiger partial charge >= 0.3 is 5.97 Å². The summed E-state index contributed by atoms with van der Waals surface area (Å²) in [7, 11) is 0. The van der Waals surface area contributed by atoms with Crippen LogP contribution in [0.25, 0.3) is 0 Å². The Bertz CT molecular complexity index is 317. The molecule has 0 fully saturated rings. The quantitative estimate of drug-likeness (QED) is 0.631. The lowest BCUT2D eigenvalue weighted by Crippen LogP contribution is -2.35.